The van der Waals surface area contributed by atoms with E-state index in [1.165, 1.54) is 0 Å². The predicted octanol–water partition coefficient (Wildman–Crippen LogP) is 4.43. The number of rotatable bonds is 3. The highest BCUT2D eigenvalue weighted by molar-refractivity contribution is 7.76. The van der Waals surface area contributed by atoms with Crippen molar-refractivity contribution in [2.45, 2.75) is 71.4 Å². The molecule has 0 aromatic carbocycles. The molecule has 0 bridgehead atoms. The van der Waals surface area contributed by atoms with E-state index >= 15 is 0 Å². The normalized spacial score (nSPS) is 39.2. The van der Waals surface area contributed by atoms with Crippen LogP contribution in [0.4, 0.5) is 0 Å². The van der Waals surface area contributed by atoms with Gasteiger partial charge in [0.2, 0.25) is 5.52 Å². The van der Waals surface area contributed by atoms with Crippen molar-refractivity contribution >= 4 is 12.9 Å². The lowest BCUT2D eigenvalue weighted by atomic mass is 9.70. The Labute approximate surface area is 123 Å². The van der Waals surface area contributed by atoms with Gasteiger partial charge in [-0.1, -0.05) is 40.0 Å². The quantitative estimate of drug-likeness (QED) is 0.784. The van der Waals surface area contributed by atoms with E-state index in [1.807, 2.05) is 0 Å². The van der Waals surface area contributed by atoms with E-state index < -0.39 is 7.37 Å². The third-order valence-corrected chi connectivity index (χ3v) is 7.88. The van der Waals surface area contributed by atoms with Crippen molar-refractivity contribution in [2.75, 3.05) is 0 Å². The Morgan fingerprint density at radius 2 is 1.50 bits per heavy atom. The molecule has 4 heteroatoms. The molecule has 3 nitrogen and oxygen atoms in total. The minimum atomic E-state index is -3.66. The summed E-state index contributed by atoms with van der Waals surface area (Å²) in [5.74, 6) is 0.899. The molecule has 0 aromatic heterocycles. The second-order valence-corrected chi connectivity index (χ2v) is 9.73. The Morgan fingerprint density at radius 1 is 1.00 bits per heavy atom. The Balaban J connectivity index is 2.14. The van der Waals surface area contributed by atoms with Crippen LogP contribution in [0.15, 0.2) is 0 Å². The zero-order valence-corrected chi connectivity index (χ0v) is 13.9. The first-order chi connectivity index (χ1) is 9.34. The van der Waals surface area contributed by atoms with Crippen molar-refractivity contribution in [1.29, 1.82) is 0 Å². The maximum Gasteiger partial charge on any atom is 0.267 e. The van der Waals surface area contributed by atoms with Crippen LogP contribution in [-0.4, -0.2) is 16.1 Å². The van der Waals surface area contributed by atoms with E-state index in [1.54, 1.807) is 0 Å². The van der Waals surface area contributed by atoms with Gasteiger partial charge in [-0.2, -0.15) is 0 Å². The minimum Gasteiger partial charge on any atom is -0.339 e. The Kier molecular flexibility index (Phi) is 5.13. The monoisotopic (exact) mass is 300 g/mol. The standard InChI is InChI=1S/C16H29O3P/c1-11-9-12(2)15(13(3)10-11)16(17)20(18,19)14-7-5-4-6-8-14/h11-15H,4-10H2,1-3H3,(H,18,19). The zero-order chi connectivity index (χ0) is 14.9. The van der Waals surface area contributed by atoms with Gasteiger partial charge in [-0.15, -0.1) is 0 Å². The third kappa shape index (κ3) is 3.20. The van der Waals surface area contributed by atoms with Crippen LogP contribution in [0.5, 0.6) is 0 Å². The summed E-state index contributed by atoms with van der Waals surface area (Å²) in [6.07, 6.45) is 6.65. The fourth-order valence-corrected chi connectivity index (χ4v) is 6.89. The lowest BCUT2D eigenvalue weighted by Crippen LogP contribution is -2.36. The van der Waals surface area contributed by atoms with Gasteiger partial charge < -0.3 is 4.89 Å². The number of carbonyl (C=O) groups excluding carboxylic acids is 1. The SMILES string of the molecule is CC1CC(C)C(C(=O)P(=O)(O)C2CCCCC2)C(C)C1. The first-order valence-corrected chi connectivity index (χ1v) is 9.93. The molecule has 2 aliphatic rings. The molecule has 0 aliphatic heterocycles. The number of hydrogen-bond donors (Lipinski definition) is 1. The van der Waals surface area contributed by atoms with E-state index in [0.717, 1.165) is 44.9 Å². The number of carbonyl (C=O) groups is 1. The molecule has 0 heterocycles. The zero-order valence-electron chi connectivity index (χ0n) is 13.0. The summed E-state index contributed by atoms with van der Waals surface area (Å²) in [4.78, 5) is 23.2. The fourth-order valence-electron chi connectivity index (χ4n) is 4.53. The van der Waals surface area contributed by atoms with Crippen LogP contribution in [0.1, 0.15) is 65.7 Å². The largest absolute Gasteiger partial charge is 0.339 e. The van der Waals surface area contributed by atoms with Gasteiger partial charge in [0.1, 0.15) is 0 Å². The number of hydrogen-bond acceptors (Lipinski definition) is 2. The van der Waals surface area contributed by atoms with Gasteiger partial charge in [0.05, 0.1) is 0 Å². The maximum atomic E-state index is 12.7. The van der Waals surface area contributed by atoms with Gasteiger partial charge in [-0.25, -0.2) is 0 Å². The second kappa shape index (κ2) is 6.32. The van der Waals surface area contributed by atoms with Crippen LogP contribution >= 0.6 is 7.37 Å². The average Bonchev–Trinajstić information content (AvgIpc) is 2.38. The topological polar surface area (TPSA) is 54.4 Å². The van der Waals surface area contributed by atoms with Gasteiger partial charge in [-0.05, 0) is 43.4 Å². The summed E-state index contributed by atoms with van der Waals surface area (Å²) in [6, 6.07) is 0. The van der Waals surface area contributed by atoms with Crippen LogP contribution in [0.3, 0.4) is 0 Å². The second-order valence-electron chi connectivity index (χ2n) is 7.31. The van der Waals surface area contributed by atoms with E-state index in [9.17, 15) is 14.3 Å². The van der Waals surface area contributed by atoms with E-state index in [-0.39, 0.29) is 28.9 Å². The average molecular weight is 300 g/mol. The highest BCUT2D eigenvalue weighted by Crippen LogP contribution is 2.57. The van der Waals surface area contributed by atoms with Gasteiger partial charge in [0.25, 0.3) is 7.37 Å². The van der Waals surface area contributed by atoms with E-state index in [0.29, 0.717) is 5.92 Å². The van der Waals surface area contributed by atoms with Crippen LogP contribution in [0.2, 0.25) is 0 Å². The molecule has 0 spiro atoms. The molecule has 3 unspecified atom stereocenters. The summed E-state index contributed by atoms with van der Waals surface area (Å²) < 4.78 is 12.7. The first-order valence-electron chi connectivity index (χ1n) is 8.21. The summed E-state index contributed by atoms with van der Waals surface area (Å²) in [5, 5.41) is 0. The Morgan fingerprint density at radius 3 is 2.00 bits per heavy atom. The molecule has 2 rings (SSSR count). The molecule has 2 fully saturated rings. The molecule has 0 radical (unpaired) electrons. The third-order valence-electron chi connectivity index (χ3n) is 5.44. The lowest BCUT2D eigenvalue weighted by Gasteiger charge is -2.39. The Bertz CT molecular complexity index is 389. The van der Waals surface area contributed by atoms with Crippen molar-refractivity contribution < 1.29 is 14.3 Å². The molecular formula is C16H29O3P. The van der Waals surface area contributed by atoms with Crippen LogP contribution in [-0.2, 0) is 9.36 Å². The van der Waals surface area contributed by atoms with Crippen LogP contribution in [0, 0.1) is 23.7 Å². The van der Waals surface area contributed by atoms with E-state index in [2.05, 4.69) is 20.8 Å². The fraction of sp³-hybridized carbons (Fsp3) is 0.938. The highest BCUT2D eigenvalue weighted by atomic mass is 31.2. The molecule has 0 amide bonds. The lowest BCUT2D eigenvalue weighted by molar-refractivity contribution is -0.120. The summed E-state index contributed by atoms with van der Waals surface area (Å²) in [5.41, 5.74) is -0.571. The minimum absolute atomic E-state index is 0.205. The molecule has 1 N–H and O–H groups in total. The summed E-state index contributed by atoms with van der Waals surface area (Å²) >= 11 is 0. The van der Waals surface area contributed by atoms with Gasteiger partial charge in [0, 0.05) is 11.6 Å². The summed E-state index contributed by atoms with van der Waals surface area (Å²) in [6.45, 7) is 6.37. The van der Waals surface area contributed by atoms with Crippen molar-refractivity contribution in [3.8, 4) is 0 Å². The van der Waals surface area contributed by atoms with E-state index in [4.69, 9.17) is 0 Å². The summed E-state index contributed by atoms with van der Waals surface area (Å²) in [7, 11) is -3.66. The molecular weight excluding hydrogens is 271 g/mol. The highest BCUT2D eigenvalue weighted by Gasteiger charge is 2.47. The molecule has 3 atom stereocenters. The van der Waals surface area contributed by atoms with Crippen LogP contribution in [0.25, 0.3) is 0 Å². The van der Waals surface area contributed by atoms with Gasteiger partial charge >= 0.3 is 0 Å². The molecule has 0 saturated heterocycles. The Hall–Kier alpha value is -0.140. The molecule has 116 valence electrons. The maximum absolute atomic E-state index is 12.7. The molecule has 2 saturated carbocycles. The molecule has 0 aromatic rings. The van der Waals surface area contributed by atoms with Crippen molar-refractivity contribution in [3.05, 3.63) is 0 Å². The predicted molar refractivity (Wildman–Crippen MR) is 81.9 cm³/mol. The van der Waals surface area contributed by atoms with Crippen molar-refractivity contribution in [3.63, 3.8) is 0 Å². The molecule has 2 aliphatic carbocycles. The van der Waals surface area contributed by atoms with Crippen LogP contribution < -0.4 is 0 Å². The smallest absolute Gasteiger partial charge is 0.267 e. The molecule has 20 heavy (non-hydrogen) atoms. The first kappa shape index (κ1) is 16.2. The van der Waals surface area contributed by atoms with Crippen molar-refractivity contribution in [2.24, 2.45) is 23.7 Å². The van der Waals surface area contributed by atoms with Gasteiger partial charge in [0.15, 0.2) is 0 Å². The van der Waals surface area contributed by atoms with Gasteiger partial charge in [-0.3, -0.25) is 9.36 Å². The van der Waals surface area contributed by atoms with Crippen molar-refractivity contribution in [1.82, 2.24) is 0 Å².